The number of halogens is 1. The van der Waals surface area contributed by atoms with Crippen molar-refractivity contribution in [2.75, 3.05) is 54.1 Å². The van der Waals surface area contributed by atoms with Crippen LogP contribution >= 0.6 is 0 Å². The highest BCUT2D eigenvalue weighted by Gasteiger charge is 2.45. The molecule has 0 saturated carbocycles. The molecule has 4 atom stereocenters. The van der Waals surface area contributed by atoms with Crippen molar-refractivity contribution in [3.8, 4) is 0 Å². The maximum absolute atomic E-state index is 6.79. The number of nitrogens with zero attached hydrogens (tertiary/aromatic N) is 1. The zero-order valence-electron chi connectivity index (χ0n) is 46.7. The van der Waals surface area contributed by atoms with E-state index in [9.17, 15) is 0 Å². The highest BCUT2D eigenvalue weighted by Crippen LogP contribution is 2.27. The molecule has 1 saturated heterocycles. The summed E-state index contributed by atoms with van der Waals surface area (Å²) in [5, 5.41) is 0. The van der Waals surface area contributed by atoms with Gasteiger partial charge in [-0.15, -0.1) is 0 Å². The maximum Gasteiger partial charge on any atom is 0.135 e. The number of quaternary nitrogens is 1. The highest BCUT2D eigenvalue weighted by molar-refractivity contribution is 4.95. The van der Waals surface area contributed by atoms with Crippen molar-refractivity contribution in [1.29, 1.82) is 0 Å². The van der Waals surface area contributed by atoms with Gasteiger partial charge in [0.2, 0.25) is 0 Å². The third-order valence-corrected chi connectivity index (χ3v) is 13.2. The van der Waals surface area contributed by atoms with Gasteiger partial charge in [-0.25, -0.2) is 0 Å². The molecule has 0 amide bonds. The summed E-state index contributed by atoms with van der Waals surface area (Å²) >= 11 is 0. The lowest BCUT2D eigenvalue weighted by Crippen LogP contribution is -3.00. The standard InChI is InChI=1S/C63H116NO4.ClH/c1-7-10-13-16-19-22-25-28-31-34-37-40-43-46-49-52-55-65-60(58-64(4,5)6)62-63(67-57-54-51-48-45-42-39-36-33-30-27-24-21-18-15-12-9-3)61(59-68-62)66-56-53-50-47-44-41-38-35-32-29-26-23-20-17-14-11-8-2;/h19-24,28-33,60-63H,7-18,25-27,34-59H2,1-6H3;1H/q+1;/p-1/b22-19-,23-20-,24-21-,31-28-,32-29-,33-30-;/t60?,61-,62+,63+;/m0./s1. The summed E-state index contributed by atoms with van der Waals surface area (Å²) in [5.41, 5.74) is 0. The minimum absolute atomic E-state index is 0. The second kappa shape index (κ2) is 52.8. The Labute approximate surface area is 437 Å². The quantitative estimate of drug-likeness (QED) is 0.0346. The minimum atomic E-state index is -0.0950. The highest BCUT2D eigenvalue weighted by atomic mass is 35.5. The molecule has 1 aliphatic rings. The fourth-order valence-electron chi connectivity index (χ4n) is 9.02. The first-order chi connectivity index (χ1) is 33.4. The largest absolute Gasteiger partial charge is 1.00 e. The molecule has 1 heterocycles. The van der Waals surface area contributed by atoms with E-state index in [0.717, 1.165) is 69.4 Å². The summed E-state index contributed by atoms with van der Waals surface area (Å²) in [6.07, 6.45) is 73.2. The molecule has 0 bridgehead atoms. The third kappa shape index (κ3) is 46.1. The van der Waals surface area contributed by atoms with Crippen LogP contribution in [0.5, 0.6) is 0 Å². The number of likely N-dealkylation sites (N-methyl/N-ethyl adjacent to an activating group) is 1. The Morgan fingerprint density at radius 3 is 1.09 bits per heavy atom. The summed E-state index contributed by atoms with van der Waals surface area (Å²) in [6, 6.07) is 0. The van der Waals surface area contributed by atoms with Crippen molar-refractivity contribution >= 4 is 0 Å². The van der Waals surface area contributed by atoms with Gasteiger partial charge in [0.15, 0.2) is 0 Å². The van der Waals surface area contributed by atoms with E-state index in [1.807, 2.05) is 0 Å². The van der Waals surface area contributed by atoms with E-state index in [4.69, 9.17) is 18.9 Å². The van der Waals surface area contributed by atoms with Gasteiger partial charge in [-0.3, -0.25) is 0 Å². The zero-order chi connectivity index (χ0) is 49.1. The Balaban J connectivity index is 0.0000462. The molecule has 1 fully saturated rings. The van der Waals surface area contributed by atoms with Crippen LogP contribution in [0.25, 0.3) is 0 Å². The van der Waals surface area contributed by atoms with Gasteiger partial charge in [0, 0.05) is 19.8 Å². The average Bonchev–Trinajstić information content (AvgIpc) is 3.73. The number of allylic oxidation sites excluding steroid dienone is 12. The van der Waals surface area contributed by atoms with Crippen LogP contribution in [-0.2, 0) is 18.9 Å². The maximum atomic E-state index is 6.79. The monoisotopic (exact) mass is 986 g/mol. The van der Waals surface area contributed by atoms with E-state index < -0.39 is 0 Å². The molecule has 5 nitrogen and oxygen atoms in total. The van der Waals surface area contributed by atoms with E-state index in [0.29, 0.717) is 6.61 Å². The first-order valence-electron chi connectivity index (χ1n) is 29.6. The topological polar surface area (TPSA) is 36.9 Å². The average molecular weight is 987 g/mol. The number of hydrogen-bond donors (Lipinski definition) is 0. The molecular formula is C63H116ClNO4. The van der Waals surface area contributed by atoms with Crippen LogP contribution < -0.4 is 12.4 Å². The Kier molecular flexibility index (Phi) is 51.7. The van der Waals surface area contributed by atoms with Gasteiger partial charge < -0.3 is 35.8 Å². The van der Waals surface area contributed by atoms with Crippen LogP contribution in [0.15, 0.2) is 72.9 Å². The lowest BCUT2D eigenvalue weighted by molar-refractivity contribution is -0.874. The predicted molar refractivity (Wildman–Crippen MR) is 300 cm³/mol. The normalized spacial score (nSPS) is 17.4. The number of hydrogen-bond acceptors (Lipinski definition) is 4. The Bertz CT molecular complexity index is 1220. The Hall–Kier alpha value is -1.47. The molecule has 0 aromatic carbocycles. The smallest absolute Gasteiger partial charge is 0.135 e. The van der Waals surface area contributed by atoms with Crippen LogP contribution in [0.4, 0.5) is 0 Å². The van der Waals surface area contributed by atoms with Crippen LogP contribution in [0.1, 0.15) is 252 Å². The first kappa shape index (κ1) is 67.5. The second-order valence-electron chi connectivity index (χ2n) is 21.2. The molecule has 0 N–H and O–H groups in total. The number of rotatable bonds is 51. The van der Waals surface area contributed by atoms with E-state index in [2.05, 4.69) is 115 Å². The molecule has 0 aliphatic carbocycles. The molecule has 1 rings (SSSR count). The van der Waals surface area contributed by atoms with Gasteiger partial charge in [-0.1, -0.05) is 209 Å². The van der Waals surface area contributed by atoms with Gasteiger partial charge in [0.25, 0.3) is 0 Å². The molecule has 1 aliphatic heterocycles. The van der Waals surface area contributed by atoms with Crippen LogP contribution in [0.3, 0.4) is 0 Å². The first-order valence-corrected chi connectivity index (χ1v) is 29.6. The molecule has 0 aromatic heterocycles. The summed E-state index contributed by atoms with van der Waals surface area (Å²) in [5.74, 6) is 0. The van der Waals surface area contributed by atoms with Crippen molar-refractivity contribution in [2.24, 2.45) is 0 Å². The van der Waals surface area contributed by atoms with Gasteiger partial charge in [0.05, 0.1) is 27.7 Å². The van der Waals surface area contributed by atoms with Gasteiger partial charge in [-0.05, 0) is 116 Å². The molecule has 69 heavy (non-hydrogen) atoms. The van der Waals surface area contributed by atoms with Crippen molar-refractivity contribution in [2.45, 2.75) is 276 Å². The van der Waals surface area contributed by atoms with Crippen LogP contribution in [0, 0.1) is 0 Å². The number of ether oxygens (including phenoxy) is 4. The second-order valence-corrected chi connectivity index (χ2v) is 21.2. The Morgan fingerprint density at radius 2 is 0.725 bits per heavy atom. The molecule has 1 unspecified atom stereocenters. The van der Waals surface area contributed by atoms with E-state index in [1.54, 1.807) is 0 Å². The van der Waals surface area contributed by atoms with E-state index in [-0.39, 0.29) is 36.8 Å². The van der Waals surface area contributed by atoms with Gasteiger partial charge >= 0.3 is 0 Å². The fourth-order valence-corrected chi connectivity index (χ4v) is 9.02. The van der Waals surface area contributed by atoms with Gasteiger partial charge in [-0.2, -0.15) is 0 Å². The lowest BCUT2D eigenvalue weighted by Gasteiger charge is -2.34. The van der Waals surface area contributed by atoms with Crippen molar-refractivity contribution in [1.82, 2.24) is 0 Å². The third-order valence-electron chi connectivity index (χ3n) is 13.2. The molecule has 0 spiro atoms. The molecule has 6 heteroatoms. The Morgan fingerprint density at radius 1 is 0.406 bits per heavy atom. The molecule has 404 valence electrons. The molecular weight excluding hydrogens is 870 g/mol. The molecule has 0 radical (unpaired) electrons. The summed E-state index contributed by atoms with van der Waals surface area (Å²) in [7, 11) is 6.81. The fraction of sp³-hybridized carbons (Fsp3) is 0.810. The summed E-state index contributed by atoms with van der Waals surface area (Å²) in [4.78, 5) is 0. The van der Waals surface area contributed by atoms with Crippen molar-refractivity contribution < 1.29 is 35.8 Å². The summed E-state index contributed by atoms with van der Waals surface area (Å²) in [6.45, 7) is 10.7. The summed E-state index contributed by atoms with van der Waals surface area (Å²) < 4.78 is 27.7. The van der Waals surface area contributed by atoms with E-state index >= 15 is 0 Å². The predicted octanol–water partition coefficient (Wildman–Crippen LogP) is 15.7. The van der Waals surface area contributed by atoms with Crippen molar-refractivity contribution in [3.63, 3.8) is 0 Å². The lowest BCUT2D eigenvalue weighted by atomic mass is 10.0. The minimum Gasteiger partial charge on any atom is -1.00 e. The van der Waals surface area contributed by atoms with Crippen LogP contribution in [0.2, 0.25) is 0 Å². The number of unbranched alkanes of at least 4 members (excludes halogenated alkanes) is 27. The zero-order valence-corrected chi connectivity index (χ0v) is 47.4. The van der Waals surface area contributed by atoms with Gasteiger partial charge in [0.1, 0.15) is 31.0 Å². The SMILES string of the molecule is CCCCC/C=C\C/C=C\CCCCCCCCOC(C[N+](C)(C)C)[C@H]1OC[C@H](OCCCCCCCC/C=C\C/C=C\CCCCC)[C@H]1OCCCCCCCC/C=C\C/C=C\CCCCC.[Cl-]. The van der Waals surface area contributed by atoms with Crippen molar-refractivity contribution in [3.05, 3.63) is 72.9 Å². The van der Waals surface area contributed by atoms with Crippen LogP contribution in [-0.4, -0.2) is 83.0 Å². The molecule has 0 aromatic rings. The van der Waals surface area contributed by atoms with E-state index in [1.165, 1.54) is 193 Å².